The number of hydrogen-bond acceptors (Lipinski definition) is 4. The second-order valence-corrected chi connectivity index (χ2v) is 9.25. The molecule has 3 aromatic rings. The fraction of sp³-hybridized carbons (Fsp3) is 0.370. The minimum atomic E-state index is -0.608. The lowest BCUT2D eigenvalue weighted by Gasteiger charge is -2.48. The third kappa shape index (κ3) is 4.11. The lowest BCUT2D eigenvalue weighted by Crippen LogP contribution is -2.63. The number of fused-ring (bicyclic) bond motifs is 1. The number of carbonyl (C=O) groups is 2. The zero-order valence-electron chi connectivity index (χ0n) is 18.9. The summed E-state index contributed by atoms with van der Waals surface area (Å²) in [6.07, 6.45) is 8.26. The predicted molar refractivity (Wildman–Crippen MR) is 130 cm³/mol. The summed E-state index contributed by atoms with van der Waals surface area (Å²) in [5, 5.41) is 2.12. The van der Waals surface area contributed by atoms with E-state index in [9.17, 15) is 9.59 Å². The van der Waals surface area contributed by atoms with Gasteiger partial charge in [-0.2, -0.15) is 0 Å². The first-order valence-corrected chi connectivity index (χ1v) is 11.9. The molecule has 0 saturated carbocycles. The number of amides is 2. The SMILES string of the molecule is NC(=O)C1(N2CCCCC2)CCN(C(=O)c2ccc3cc(-c4cccnc4)ccc3c2)CC1. The molecule has 2 N–H and O–H groups in total. The van der Waals surface area contributed by atoms with Crippen molar-refractivity contribution in [1.29, 1.82) is 0 Å². The summed E-state index contributed by atoms with van der Waals surface area (Å²) in [6, 6.07) is 16.1. The summed E-state index contributed by atoms with van der Waals surface area (Å²) in [4.78, 5) is 34.1. The Morgan fingerprint density at radius 2 is 1.58 bits per heavy atom. The first kappa shape index (κ1) is 21.6. The van der Waals surface area contributed by atoms with Gasteiger partial charge in [0.05, 0.1) is 0 Å². The molecular weight excluding hydrogens is 412 g/mol. The molecule has 2 fully saturated rings. The summed E-state index contributed by atoms with van der Waals surface area (Å²) in [5.74, 6) is -0.225. The van der Waals surface area contributed by atoms with Gasteiger partial charge in [-0.3, -0.25) is 19.5 Å². The van der Waals surface area contributed by atoms with Crippen LogP contribution >= 0.6 is 0 Å². The Kier molecular flexibility index (Phi) is 5.85. The number of nitrogens with two attached hydrogens (primary N) is 1. The molecule has 0 aliphatic carbocycles. The Hall–Kier alpha value is -3.25. The monoisotopic (exact) mass is 442 g/mol. The maximum Gasteiger partial charge on any atom is 0.253 e. The lowest BCUT2D eigenvalue weighted by molar-refractivity contribution is -0.134. The molecule has 2 aromatic carbocycles. The highest BCUT2D eigenvalue weighted by atomic mass is 16.2. The largest absolute Gasteiger partial charge is 0.368 e. The Morgan fingerprint density at radius 1 is 0.848 bits per heavy atom. The first-order chi connectivity index (χ1) is 16.1. The van der Waals surface area contributed by atoms with Crippen molar-refractivity contribution in [1.82, 2.24) is 14.8 Å². The molecule has 0 unspecified atom stereocenters. The summed E-state index contributed by atoms with van der Waals surface area (Å²) >= 11 is 0. The molecule has 1 aromatic heterocycles. The van der Waals surface area contributed by atoms with Crippen LogP contribution in [0, 0.1) is 0 Å². The fourth-order valence-electron chi connectivity index (χ4n) is 5.39. The number of rotatable bonds is 4. The van der Waals surface area contributed by atoms with Crippen LogP contribution < -0.4 is 5.73 Å². The van der Waals surface area contributed by atoms with Crippen LogP contribution in [0.1, 0.15) is 42.5 Å². The normalized spacial score (nSPS) is 18.8. The van der Waals surface area contributed by atoms with Crippen LogP contribution in [0.15, 0.2) is 60.9 Å². The number of hydrogen-bond donors (Lipinski definition) is 1. The Balaban J connectivity index is 1.32. The predicted octanol–water partition coefficient (Wildman–Crippen LogP) is 3.85. The van der Waals surface area contributed by atoms with E-state index >= 15 is 0 Å². The van der Waals surface area contributed by atoms with E-state index in [1.54, 1.807) is 6.20 Å². The van der Waals surface area contributed by atoms with Crippen LogP contribution in [-0.2, 0) is 4.79 Å². The van der Waals surface area contributed by atoms with E-state index in [0.717, 1.165) is 47.8 Å². The van der Waals surface area contributed by atoms with Gasteiger partial charge in [0.1, 0.15) is 5.54 Å². The molecule has 0 spiro atoms. The average molecular weight is 443 g/mol. The van der Waals surface area contributed by atoms with E-state index < -0.39 is 5.54 Å². The third-order valence-electron chi connectivity index (χ3n) is 7.38. The smallest absolute Gasteiger partial charge is 0.253 e. The molecule has 170 valence electrons. The maximum absolute atomic E-state index is 13.3. The number of primary amides is 1. The van der Waals surface area contributed by atoms with Crippen LogP contribution in [-0.4, -0.2) is 58.3 Å². The summed E-state index contributed by atoms with van der Waals surface area (Å²) < 4.78 is 0. The van der Waals surface area contributed by atoms with E-state index in [-0.39, 0.29) is 11.8 Å². The molecule has 3 heterocycles. The first-order valence-electron chi connectivity index (χ1n) is 11.9. The number of likely N-dealkylation sites (tertiary alicyclic amines) is 2. The van der Waals surface area contributed by atoms with Gasteiger partial charge < -0.3 is 10.6 Å². The molecule has 2 saturated heterocycles. The van der Waals surface area contributed by atoms with Crippen molar-refractivity contribution in [3.8, 4) is 11.1 Å². The molecule has 0 bridgehead atoms. The number of nitrogens with zero attached hydrogens (tertiary/aromatic N) is 3. The van der Waals surface area contributed by atoms with E-state index in [2.05, 4.69) is 28.1 Å². The van der Waals surface area contributed by atoms with Gasteiger partial charge in [-0.25, -0.2) is 0 Å². The Bertz CT molecular complexity index is 1160. The molecule has 0 atom stereocenters. The van der Waals surface area contributed by atoms with Crippen LogP contribution in [0.3, 0.4) is 0 Å². The second-order valence-electron chi connectivity index (χ2n) is 9.25. The summed E-state index contributed by atoms with van der Waals surface area (Å²) in [5.41, 5.74) is 8.14. The molecule has 33 heavy (non-hydrogen) atoms. The molecule has 2 amide bonds. The van der Waals surface area contributed by atoms with Crippen molar-refractivity contribution in [2.75, 3.05) is 26.2 Å². The van der Waals surface area contributed by atoms with Gasteiger partial charge in [-0.1, -0.05) is 30.7 Å². The van der Waals surface area contributed by atoms with Crippen molar-refractivity contribution >= 4 is 22.6 Å². The summed E-state index contributed by atoms with van der Waals surface area (Å²) in [6.45, 7) is 2.94. The van der Waals surface area contributed by atoms with Crippen molar-refractivity contribution in [2.24, 2.45) is 5.73 Å². The van der Waals surface area contributed by atoms with Crippen molar-refractivity contribution in [2.45, 2.75) is 37.6 Å². The third-order valence-corrected chi connectivity index (χ3v) is 7.38. The van der Waals surface area contributed by atoms with E-state index in [4.69, 9.17) is 5.73 Å². The van der Waals surface area contributed by atoms with Gasteiger partial charge in [0, 0.05) is 36.6 Å². The Labute approximate surface area is 194 Å². The number of carbonyl (C=O) groups excluding carboxylic acids is 2. The minimum absolute atomic E-state index is 0.0185. The van der Waals surface area contributed by atoms with Gasteiger partial charge in [0.2, 0.25) is 5.91 Å². The topological polar surface area (TPSA) is 79.5 Å². The standard InChI is InChI=1S/C27H30N4O2/c28-26(33)27(31-13-2-1-3-14-31)10-15-30(16-11-27)25(32)23-9-8-20-17-22(7-6-21(20)18-23)24-5-4-12-29-19-24/h4-9,12,17-19H,1-3,10-11,13-16H2,(H2,28,33). The van der Waals surface area contributed by atoms with Crippen molar-refractivity contribution < 1.29 is 9.59 Å². The highest BCUT2D eigenvalue weighted by Crippen LogP contribution is 2.32. The van der Waals surface area contributed by atoms with Crippen LogP contribution in [0.4, 0.5) is 0 Å². The lowest BCUT2D eigenvalue weighted by atomic mass is 9.83. The van der Waals surface area contributed by atoms with Gasteiger partial charge in [-0.05, 0) is 79.4 Å². The van der Waals surface area contributed by atoms with E-state index in [1.807, 2.05) is 41.4 Å². The zero-order chi connectivity index (χ0) is 22.8. The highest BCUT2D eigenvalue weighted by molar-refractivity contribution is 5.99. The molecule has 2 aliphatic rings. The molecule has 6 nitrogen and oxygen atoms in total. The number of piperidine rings is 2. The number of pyridine rings is 1. The van der Waals surface area contributed by atoms with Gasteiger partial charge in [0.25, 0.3) is 5.91 Å². The minimum Gasteiger partial charge on any atom is -0.368 e. The highest BCUT2D eigenvalue weighted by Gasteiger charge is 2.45. The second kappa shape index (κ2) is 8.94. The quantitative estimate of drug-likeness (QED) is 0.666. The number of benzene rings is 2. The zero-order valence-corrected chi connectivity index (χ0v) is 18.9. The molecular formula is C27H30N4O2. The molecule has 6 heteroatoms. The molecule has 2 aliphatic heterocycles. The Morgan fingerprint density at radius 3 is 2.27 bits per heavy atom. The van der Waals surface area contributed by atoms with Crippen molar-refractivity contribution in [3.63, 3.8) is 0 Å². The summed E-state index contributed by atoms with van der Waals surface area (Å²) in [7, 11) is 0. The average Bonchev–Trinajstić information content (AvgIpc) is 2.88. The van der Waals surface area contributed by atoms with Crippen LogP contribution in [0.2, 0.25) is 0 Å². The van der Waals surface area contributed by atoms with Crippen LogP contribution in [0.5, 0.6) is 0 Å². The number of aromatic nitrogens is 1. The molecule has 5 rings (SSSR count). The fourth-order valence-corrected chi connectivity index (χ4v) is 5.39. The van der Waals surface area contributed by atoms with Gasteiger partial charge >= 0.3 is 0 Å². The molecule has 0 radical (unpaired) electrons. The van der Waals surface area contributed by atoms with E-state index in [1.165, 1.54) is 6.42 Å². The van der Waals surface area contributed by atoms with Gasteiger partial charge in [0.15, 0.2) is 0 Å². The van der Waals surface area contributed by atoms with Crippen molar-refractivity contribution in [3.05, 3.63) is 66.5 Å². The maximum atomic E-state index is 13.3. The van der Waals surface area contributed by atoms with Crippen LogP contribution in [0.25, 0.3) is 21.9 Å². The van der Waals surface area contributed by atoms with E-state index in [0.29, 0.717) is 31.5 Å². The van der Waals surface area contributed by atoms with Gasteiger partial charge in [-0.15, -0.1) is 0 Å².